The normalized spacial score (nSPS) is 15.3. The van der Waals surface area contributed by atoms with Crippen molar-refractivity contribution in [2.24, 2.45) is 17.6 Å². The molecule has 1 rings (SSSR count). The number of carbonyl (C=O) groups is 7. The minimum Gasteiger partial charge on any atom is -0.352 e. The third-order valence-electron chi connectivity index (χ3n) is 5.90. The third-order valence-corrected chi connectivity index (χ3v) is 5.90. The molecule has 3 atom stereocenters. The Morgan fingerprint density at radius 1 is 1.03 bits per heavy atom. The minimum absolute atomic E-state index is 0. The quantitative estimate of drug-likeness (QED) is 0.107. The summed E-state index contributed by atoms with van der Waals surface area (Å²) in [5, 5.41) is 7.58. The highest BCUT2D eigenvalue weighted by molar-refractivity contribution is 7.59. The summed E-state index contributed by atoms with van der Waals surface area (Å²) in [5.41, 5.74) is 5.05. The first-order valence-electron chi connectivity index (χ1n) is 13.0. The number of rotatable bonds is 18. The molecule has 214 valence electrons. The Hall–Kier alpha value is -3.22. The Labute approximate surface area is 231 Å². The van der Waals surface area contributed by atoms with Crippen LogP contribution in [0.25, 0.3) is 0 Å². The summed E-state index contributed by atoms with van der Waals surface area (Å²) in [4.78, 5) is 84.8. The predicted molar refractivity (Wildman–Crippen MR) is 145 cm³/mol. The van der Waals surface area contributed by atoms with Crippen LogP contribution < -0.4 is 21.7 Å². The van der Waals surface area contributed by atoms with Crippen LogP contribution in [0.5, 0.6) is 0 Å². The van der Waals surface area contributed by atoms with E-state index < -0.39 is 36.2 Å². The standard InChI is InChI=1S/C25H39N5O7.H2S/c1-16(2)23(29-20(33)9-5-4-6-13-30-21(34)10-11-22(30)35)19(32)14-18(8-7-12-27-25(26)37)24(36)28-17(3)15-31;/h10-11,15-18,23H,4-9,12-14H2,1-3H3,(H,28,36)(H,29,33)(H3,26,27,37);1H2/t17-,18+,23-;/m0./s1/i15D;. The summed E-state index contributed by atoms with van der Waals surface area (Å²) in [5.74, 6) is -3.01. The van der Waals surface area contributed by atoms with Crippen molar-refractivity contribution in [2.45, 2.75) is 77.8 Å². The van der Waals surface area contributed by atoms with Gasteiger partial charge in [0.1, 0.15) is 7.63 Å². The Morgan fingerprint density at radius 2 is 1.66 bits per heavy atom. The van der Waals surface area contributed by atoms with Crippen LogP contribution in [-0.4, -0.2) is 71.8 Å². The van der Waals surface area contributed by atoms with Crippen LogP contribution in [0.4, 0.5) is 4.79 Å². The summed E-state index contributed by atoms with van der Waals surface area (Å²) >= 11 is 0. The number of nitrogens with two attached hydrogens (primary N) is 1. The number of nitrogens with zero attached hydrogens (tertiary/aromatic N) is 1. The average molecular weight is 557 g/mol. The van der Waals surface area contributed by atoms with Crippen molar-refractivity contribution in [1.82, 2.24) is 20.9 Å². The van der Waals surface area contributed by atoms with Gasteiger partial charge in [-0.05, 0) is 38.5 Å². The number of hydrogen-bond donors (Lipinski definition) is 4. The van der Waals surface area contributed by atoms with Crippen LogP contribution in [0, 0.1) is 11.8 Å². The van der Waals surface area contributed by atoms with E-state index in [-0.39, 0.29) is 75.3 Å². The van der Waals surface area contributed by atoms with Crippen molar-refractivity contribution in [2.75, 3.05) is 13.1 Å². The lowest BCUT2D eigenvalue weighted by Crippen LogP contribution is -2.46. The van der Waals surface area contributed by atoms with Gasteiger partial charge in [-0.15, -0.1) is 0 Å². The molecule has 0 aromatic carbocycles. The van der Waals surface area contributed by atoms with Crippen molar-refractivity contribution in [3.63, 3.8) is 0 Å². The van der Waals surface area contributed by atoms with Gasteiger partial charge in [0, 0.05) is 44.0 Å². The SMILES string of the molecule is S.[2H]C(=O)[C@H](C)NC(=O)[C@H](CCCNC(N)=O)CC(=O)[C@@H](NC(=O)CCCCCN1C(=O)C=CC1=O)C(C)C. The first-order chi connectivity index (χ1) is 17.8. The number of hydrogen-bond acceptors (Lipinski definition) is 7. The summed E-state index contributed by atoms with van der Waals surface area (Å²) in [6, 6.07) is -2.58. The number of aldehydes is 1. The largest absolute Gasteiger partial charge is 0.352 e. The van der Waals surface area contributed by atoms with E-state index in [9.17, 15) is 33.6 Å². The molecule has 0 aromatic heterocycles. The van der Waals surface area contributed by atoms with Gasteiger partial charge in [-0.1, -0.05) is 20.3 Å². The number of Topliss-reactive ketones (excluding diaryl/α,β-unsaturated/α-hetero) is 1. The van der Waals surface area contributed by atoms with Gasteiger partial charge in [0.25, 0.3) is 11.8 Å². The number of nitrogens with one attached hydrogen (secondary N) is 3. The molecule has 0 bridgehead atoms. The third kappa shape index (κ3) is 12.8. The zero-order valence-electron chi connectivity index (χ0n) is 23.2. The fourth-order valence-corrected chi connectivity index (χ4v) is 3.86. The zero-order valence-corrected chi connectivity index (χ0v) is 23.2. The minimum atomic E-state index is -1.04. The van der Waals surface area contributed by atoms with Crippen LogP contribution in [0.1, 0.15) is 67.1 Å². The van der Waals surface area contributed by atoms with Crippen LogP contribution in [0.15, 0.2) is 12.2 Å². The highest BCUT2D eigenvalue weighted by Crippen LogP contribution is 2.17. The van der Waals surface area contributed by atoms with E-state index in [1.54, 1.807) is 13.8 Å². The van der Waals surface area contributed by atoms with Crippen molar-refractivity contribution < 1.29 is 34.9 Å². The Morgan fingerprint density at radius 3 is 2.21 bits per heavy atom. The van der Waals surface area contributed by atoms with Gasteiger partial charge in [-0.2, -0.15) is 13.5 Å². The molecule has 1 heterocycles. The lowest BCUT2D eigenvalue weighted by molar-refractivity contribution is -0.137. The Kier molecular flexibility index (Phi) is 15.6. The van der Waals surface area contributed by atoms with E-state index in [0.717, 1.165) is 4.90 Å². The van der Waals surface area contributed by atoms with Crippen LogP contribution in [0.2, 0.25) is 0 Å². The molecule has 0 aliphatic carbocycles. The molecule has 6 amide bonds. The summed E-state index contributed by atoms with van der Waals surface area (Å²) in [6.45, 7) is 5.39. The average Bonchev–Trinajstić information content (AvgIpc) is 3.15. The zero-order chi connectivity index (χ0) is 28.8. The number of ketones is 1. The van der Waals surface area contributed by atoms with Gasteiger partial charge in [0.05, 0.1) is 12.1 Å². The molecule has 0 saturated heterocycles. The van der Waals surface area contributed by atoms with Gasteiger partial charge in [-0.3, -0.25) is 28.9 Å². The molecule has 0 aromatic rings. The molecule has 38 heavy (non-hydrogen) atoms. The topological polar surface area (TPSA) is 185 Å². The number of unbranched alkanes of at least 4 members (excludes halogenated alkanes) is 2. The fourth-order valence-electron chi connectivity index (χ4n) is 3.86. The van der Waals surface area contributed by atoms with E-state index in [4.69, 9.17) is 7.10 Å². The molecule has 0 spiro atoms. The van der Waals surface area contributed by atoms with Gasteiger partial charge < -0.3 is 26.5 Å². The van der Waals surface area contributed by atoms with E-state index in [2.05, 4.69) is 16.0 Å². The number of carbonyl (C=O) groups excluding carboxylic acids is 7. The first kappa shape index (κ1) is 32.8. The number of amides is 6. The van der Waals surface area contributed by atoms with Crippen molar-refractivity contribution in [1.29, 1.82) is 0 Å². The Bertz CT molecular complexity index is 926. The van der Waals surface area contributed by atoms with Gasteiger partial charge in [-0.25, -0.2) is 4.79 Å². The van der Waals surface area contributed by atoms with Crippen molar-refractivity contribution >= 4 is 55.2 Å². The van der Waals surface area contributed by atoms with Crippen LogP contribution in [0.3, 0.4) is 0 Å². The highest BCUT2D eigenvalue weighted by Gasteiger charge is 2.29. The van der Waals surface area contributed by atoms with Gasteiger partial charge >= 0.3 is 6.03 Å². The molecule has 1 aliphatic heterocycles. The number of imide groups is 1. The maximum atomic E-state index is 13.1. The van der Waals surface area contributed by atoms with E-state index in [1.165, 1.54) is 19.1 Å². The molecule has 1 aliphatic rings. The van der Waals surface area contributed by atoms with Crippen molar-refractivity contribution in [3.8, 4) is 0 Å². The molecule has 0 radical (unpaired) electrons. The molecule has 0 saturated carbocycles. The number of primary amides is 1. The van der Waals surface area contributed by atoms with Crippen LogP contribution >= 0.6 is 13.5 Å². The predicted octanol–water partition coefficient (Wildman–Crippen LogP) is 0.453. The second-order valence-electron chi connectivity index (χ2n) is 9.41. The molecular formula is C25H41N5O7S. The highest BCUT2D eigenvalue weighted by atomic mass is 32.1. The maximum absolute atomic E-state index is 13.1. The second-order valence-corrected chi connectivity index (χ2v) is 9.41. The smallest absolute Gasteiger partial charge is 0.312 e. The van der Waals surface area contributed by atoms with Gasteiger partial charge in [0.15, 0.2) is 5.78 Å². The van der Waals surface area contributed by atoms with Crippen molar-refractivity contribution in [3.05, 3.63) is 12.2 Å². The lowest BCUT2D eigenvalue weighted by Gasteiger charge is -2.24. The molecule has 13 heteroatoms. The second kappa shape index (κ2) is 18.1. The maximum Gasteiger partial charge on any atom is 0.312 e. The molecular weight excluding hydrogens is 514 g/mol. The molecule has 0 unspecified atom stereocenters. The summed E-state index contributed by atoms with van der Waals surface area (Å²) < 4.78 is 7.15. The van der Waals surface area contributed by atoms with Crippen LogP contribution in [-0.2, 0) is 28.8 Å². The van der Waals surface area contributed by atoms with E-state index in [0.29, 0.717) is 25.7 Å². The summed E-state index contributed by atoms with van der Waals surface area (Å²) in [7, 11) is 0. The first-order valence-corrected chi connectivity index (χ1v) is 12.5. The molecule has 12 nitrogen and oxygen atoms in total. The fraction of sp³-hybridized carbons (Fsp3) is 0.640. The Balaban J connectivity index is 0.0000144. The van der Waals surface area contributed by atoms with E-state index >= 15 is 0 Å². The van der Waals surface area contributed by atoms with E-state index in [1.807, 2.05) is 0 Å². The number of urea groups is 1. The monoisotopic (exact) mass is 556 g/mol. The van der Waals surface area contributed by atoms with Gasteiger partial charge in [0.2, 0.25) is 11.8 Å². The summed E-state index contributed by atoms with van der Waals surface area (Å²) in [6.07, 6.45) is 3.67. The molecule has 5 N–H and O–H groups in total. The molecule has 0 fully saturated rings. The lowest BCUT2D eigenvalue weighted by atomic mass is 9.89.